The van der Waals surface area contributed by atoms with Gasteiger partial charge in [0.25, 0.3) is 5.91 Å². The van der Waals surface area contributed by atoms with Gasteiger partial charge in [-0.2, -0.15) is 0 Å². The number of nitrogens with two attached hydrogens (primary N) is 1. The predicted molar refractivity (Wildman–Crippen MR) is 123 cm³/mol. The molecule has 1 heterocycles. The highest BCUT2D eigenvalue weighted by molar-refractivity contribution is 7.17. The van der Waals surface area contributed by atoms with Crippen molar-refractivity contribution in [3.8, 4) is 5.75 Å². The zero-order valence-corrected chi connectivity index (χ0v) is 18.9. The molecule has 3 rings (SSSR count). The van der Waals surface area contributed by atoms with Crippen molar-refractivity contribution in [1.82, 2.24) is 0 Å². The summed E-state index contributed by atoms with van der Waals surface area (Å²) in [4.78, 5) is 25.8. The van der Waals surface area contributed by atoms with E-state index in [0.717, 1.165) is 42.6 Å². The van der Waals surface area contributed by atoms with Crippen LogP contribution >= 0.6 is 11.3 Å². The first-order valence-electron chi connectivity index (χ1n) is 10.3. The van der Waals surface area contributed by atoms with E-state index < -0.39 is 5.91 Å². The molecule has 0 saturated carbocycles. The quantitative estimate of drug-likeness (QED) is 0.608. The molecule has 0 fully saturated rings. The van der Waals surface area contributed by atoms with Crippen molar-refractivity contribution in [2.75, 3.05) is 12.4 Å². The number of methoxy groups -OCH3 is 1. The molecule has 30 heavy (non-hydrogen) atoms. The van der Waals surface area contributed by atoms with Gasteiger partial charge in [-0.1, -0.05) is 39.3 Å². The summed E-state index contributed by atoms with van der Waals surface area (Å²) in [6, 6.07) is 7.42. The Bertz CT molecular complexity index is 958. The number of anilines is 1. The van der Waals surface area contributed by atoms with Gasteiger partial charge >= 0.3 is 0 Å². The van der Waals surface area contributed by atoms with Gasteiger partial charge in [0.15, 0.2) is 0 Å². The Morgan fingerprint density at radius 2 is 2.00 bits per heavy atom. The van der Waals surface area contributed by atoms with Crippen LogP contribution < -0.4 is 15.8 Å². The average Bonchev–Trinajstić information content (AvgIpc) is 3.09. The minimum Gasteiger partial charge on any atom is -0.497 e. The Labute approximate surface area is 182 Å². The summed E-state index contributed by atoms with van der Waals surface area (Å²) in [6.07, 6.45) is 7.10. The highest BCUT2D eigenvalue weighted by Crippen LogP contribution is 2.45. The van der Waals surface area contributed by atoms with E-state index in [9.17, 15) is 9.59 Å². The minimum atomic E-state index is -0.477. The van der Waals surface area contributed by atoms with Crippen LogP contribution in [0.2, 0.25) is 0 Å². The Hall–Kier alpha value is -2.60. The molecule has 1 aromatic carbocycles. The molecule has 3 N–H and O–H groups in total. The lowest BCUT2D eigenvalue weighted by Crippen LogP contribution is -2.29. The fraction of sp³-hybridized carbons (Fsp3) is 0.417. The number of rotatable bonds is 7. The summed E-state index contributed by atoms with van der Waals surface area (Å²) in [6.45, 7) is 6.83. The number of benzene rings is 1. The first kappa shape index (κ1) is 22.1. The predicted octanol–water partition coefficient (Wildman–Crippen LogP) is 5.05. The number of carbonyl (C=O) groups excluding carboxylic acids is 2. The molecule has 5 nitrogen and oxygen atoms in total. The third-order valence-corrected chi connectivity index (χ3v) is 7.48. The van der Waals surface area contributed by atoms with E-state index in [1.165, 1.54) is 22.3 Å². The Kier molecular flexibility index (Phi) is 6.66. The van der Waals surface area contributed by atoms with Gasteiger partial charge in [-0.05, 0) is 59.9 Å². The molecule has 160 valence electrons. The number of fused-ring (bicyclic) bond motifs is 1. The van der Waals surface area contributed by atoms with Gasteiger partial charge in [-0.3, -0.25) is 9.59 Å². The summed E-state index contributed by atoms with van der Waals surface area (Å²) in [5, 5.41) is 3.44. The van der Waals surface area contributed by atoms with E-state index in [-0.39, 0.29) is 11.3 Å². The van der Waals surface area contributed by atoms with Crippen LogP contribution in [0.25, 0.3) is 6.08 Å². The molecule has 0 saturated heterocycles. The summed E-state index contributed by atoms with van der Waals surface area (Å²) < 4.78 is 5.14. The van der Waals surface area contributed by atoms with Crippen LogP contribution in [0, 0.1) is 11.3 Å². The number of hydrogen-bond donors (Lipinski definition) is 2. The lowest BCUT2D eigenvalue weighted by Gasteiger charge is -2.36. The molecule has 0 radical (unpaired) electrons. The maximum Gasteiger partial charge on any atom is 0.251 e. The molecule has 2 aromatic rings. The standard InChI is InChI=1S/C24H30N2O3S/c1-5-24(2,3)16-9-12-18-19(14-16)30-23(21(18)22(25)28)26-20(27)13-8-15-6-10-17(29-4)11-7-15/h6-8,10-11,13,16H,5,9,12,14H2,1-4H3,(H2,25,28)(H,26,27)/b13-8+. The van der Waals surface area contributed by atoms with E-state index in [0.29, 0.717) is 16.5 Å². The Balaban J connectivity index is 1.78. The van der Waals surface area contributed by atoms with Gasteiger partial charge in [-0.15, -0.1) is 11.3 Å². The summed E-state index contributed by atoms with van der Waals surface area (Å²) >= 11 is 1.49. The summed E-state index contributed by atoms with van der Waals surface area (Å²) in [5.74, 6) is 0.566. The van der Waals surface area contributed by atoms with E-state index >= 15 is 0 Å². The minimum absolute atomic E-state index is 0.249. The Morgan fingerprint density at radius 3 is 2.60 bits per heavy atom. The number of carbonyl (C=O) groups is 2. The Morgan fingerprint density at radius 1 is 1.30 bits per heavy atom. The van der Waals surface area contributed by atoms with Crippen molar-refractivity contribution in [3.05, 3.63) is 51.9 Å². The number of thiophene rings is 1. The first-order chi connectivity index (χ1) is 14.2. The summed E-state index contributed by atoms with van der Waals surface area (Å²) in [5.41, 5.74) is 8.32. The topological polar surface area (TPSA) is 81.4 Å². The highest BCUT2D eigenvalue weighted by atomic mass is 32.1. The van der Waals surface area contributed by atoms with Gasteiger partial charge in [0, 0.05) is 11.0 Å². The normalized spacial score (nSPS) is 16.3. The highest BCUT2D eigenvalue weighted by Gasteiger charge is 2.34. The van der Waals surface area contributed by atoms with Gasteiger partial charge in [0.2, 0.25) is 5.91 Å². The fourth-order valence-corrected chi connectivity index (χ4v) is 5.27. The smallest absolute Gasteiger partial charge is 0.251 e. The first-order valence-corrected chi connectivity index (χ1v) is 11.1. The molecule has 2 amide bonds. The van der Waals surface area contributed by atoms with Crippen molar-refractivity contribution in [2.24, 2.45) is 17.1 Å². The zero-order chi connectivity index (χ0) is 21.9. The lowest BCUT2D eigenvalue weighted by atomic mass is 9.69. The molecule has 6 heteroatoms. The molecular formula is C24H30N2O3S. The molecule has 1 atom stereocenters. The van der Waals surface area contributed by atoms with Crippen LogP contribution in [0.3, 0.4) is 0 Å². The summed E-state index contributed by atoms with van der Waals surface area (Å²) in [7, 11) is 1.61. The van der Waals surface area contributed by atoms with Crippen molar-refractivity contribution in [1.29, 1.82) is 0 Å². The molecule has 1 aliphatic carbocycles. The van der Waals surface area contributed by atoms with E-state index in [1.54, 1.807) is 13.2 Å². The average molecular weight is 427 g/mol. The van der Waals surface area contributed by atoms with Crippen LogP contribution in [0.15, 0.2) is 30.3 Å². The van der Waals surface area contributed by atoms with Gasteiger partial charge in [0.05, 0.1) is 12.7 Å². The van der Waals surface area contributed by atoms with Crippen molar-refractivity contribution in [3.63, 3.8) is 0 Å². The van der Waals surface area contributed by atoms with Gasteiger partial charge in [0.1, 0.15) is 10.8 Å². The zero-order valence-electron chi connectivity index (χ0n) is 18.1. The van der Waals surface area contributed by atoms with Gasteiger partial charge in [-0.25, -0.2) is 0 Å². The van der Waals surface area contributed by atoms with Crippen LogP contribution in [0.4, 0.5) is 5.00 Å². The second kappa shape index (κ2) is 9.04. The number of amides is 2. The number of primary amides is 1. The molecule has 0 bridgehead atoms. The van der Waals surface area contributed by atoms with Crippen LogP contribution in [-0.4, -0.2) is 18.9 Å². The van der Waals surface area contributed by atoms with Crippen molar-refractivity contribution >= 4 is 34.2 Å². The molecular weight excluding hydrogens is 396 g/mol. The van der Waals surface area contributed by atoms with Crippen LogP contribution in [0.1, 0.15) is 60.0 Å². The van der Waals surface area contributed by atoms with Crippen LogP contribution in [-0.2, 0) is 17.6 Å². The monoisotopic (exact) mass is 426 g/mol. The molecule has 1 aliphatic rings. The molecule has 1 unspecified atom stereocenters. The second-order valence-electron chi connectivity index (χ2n) is 8.45. The maximum atomic E-state index is 12.5. The third-order valence-electron chi connectivity index (χ3n) is 6.31. The largest absolute Gasteiger partial charge is 0.497 e. The third kappa shape index (κ3) is 4.75. The maximum absolute atomic E-state index is 12.5. The number of hydrogen-bond acceptors (Lipinski definition) is 4. The number of ether oxygens (including phenoxy) is 1. The van der Waals surface area contributed by atoms with Crippen molar-refractivity contribution in [2.45, 2.75) is 46.5 Å². The van der Waals surface area contributed by atoms with Gasteiger partial charge < -0.3 is 15.8 Å². The van der Waals surface area contributed by atoms with Crippen molar-refractivity contribution < 1.29 is 14.3 Å². The van der Waals surface area contributed by atoms with E-state index in [4.69, 9.17) is 10.5 Å². The lowest BCUT2D eigenvalue weighted by molar-refractivity contribution is -0.111. The second-order valence-corrected chi connectivity index (χ2v) is 9.55. The molecule has 1 aromatic heterocycles. The fourth-order valence-electron chi connectivity index (χ4n) is 3.93. The van der Waals surface area contributed by atoms with E-state index in [2.05, 4.69) is 26.1 Å². The molecule has 0 aliphatic heterocycles. The number of nitrogens with one attached hydrogen (secondary N) is 1. The molecule has 0 spiro atoms. The van der Waals surface area contributed by atoms with Crippen LogP contribution in [0.5, 0.6) is 5.75 Å². The SMILES string of the molecule is CCC(C)(C)C1CCc2c(sc(NC(=O)/C=C/c3ccc(OC)cc3)c2C(N)=O)C1. The van der Waals surface area contributed by atoms with E-state index in [1.807, 2.05) is 24.3 Å².